The molecule has 80 valence electrons. The van der Waals surface area contributed by atoms with E-state index in [2.05, 4.69) is 4.99 Å². The van der Waals surface area contributed by atoms with Gasteiger partial charge in [-0.2, -0.15) is 0 Å². The summed E-state index contributed by atoms with van der Waals surface area (Å²) in [6.45, 7) is -0.471. The van der Waals surface area contributed by atoms with Crippen LogP contribution in [0.5, 0.6) is 0 Å². The lowest BCUT2D eigenvalue weighted by atomic mass is 10.3. The molecule has 0 aromatic carbocycles. The van der Waals surface area contributed by atoms with Crippen molar-refractivity contribution in [2.24, 2.45) is 4.99 Å². The van der Waals surface area contributed by atoms with E-state index in [-0.39, 0.29) is 0 Å². The zero-order valence-corrected chi connectivity index (χ0v) is 7.25. The molecule has 0 radical (unpaired) electrons. The van der Waals surface area contributed by atoms with E-state index in [1.54, 1.807) is 0 Å². The van der Waals surface area contributed by atoms with Gasteiger partial charge in [-0.15, -0.1) is 0 Å². The van der Waals surface area contributed by atoms with Gasteiger partial charge in [-0.3, -0.25) is 4.90 Å². The van der Waals surface area contributed by atoms with E-state index < -0.39 is 36.0 Å². The normalized spacial score (nSPS) is 15.3. The average Bonchev–Trinajstić information content (AvgIpc) is 2.16. The minimum atomic E-state index is -1.49. The summed E-state index contributed by atoms with van der Waals surface area (Å²) < 4.78 is 0. The minimum absolute atomic E-state index is 0.471. The summed E-state index contributed by atoms with van der Waals surface area (Å²) in [5.74, 6) is -2.94. The fourth-order valence-electron chi connectivity index (χ4n) is 0.906. The molecule has 15 heavy (non-hydrogen) atoms. The van der Waals surface area contributed by atoms with Crippen molar-refractivity contribution >= 4 is 23.7 Å². The first-order valence-corrected chi connectivity index (χ1v) is 3.67. The molecule has 1 amide bonds. The maximum absolute atomic E-state index is 10.5. The number of amides is 1. The molecule has 1 aliphatic rings. The van der Waals surface area contributed by atoms with Crippen LogP contribution in [-0.4, -0.2) is 50.5 Å². The van der Waals surface area contributed by atoms with Crippen LogP contribution >= 0.6 is 0 Å². The van der Waals surface area contributed by atoms with Gasteiger partial charge in [0.2, 0.25) is 0 Å². The Morgan fingerprint density at radius 1 is 1.20 bits per heavy atom. The van der Waals surface area contributed by atoms with Crippen molar-refractivity contribution in [2.75, 3.05) is 6.54 Å². The maximum atomic E-state index is 10.5. The number of carboxylic acids is 2. The third kappa shape index (κ3) is 2.30. The van der Waals surface area contributed by atoms with Gasteiger partial charge in [0.05, 0.1) is 6.54 Å². The van der Waals surface area contributed by atoms with Crippen LogP contribution in [-0.2, 0) is 9.59 Å². The van der Waals surface area contributed by atoms with E-state index in [1.807, 2.05) is 0 Å². The fourth-order valence-corrected chi connectivity index (χ4v) is 0.906. The SMILES string of the molecule is O=C(O)C1=CN(C(=O)O)CC(C(=O)O)=N1. The zero-order valence-electron chi connectivity index (χ0n) is 7.25. The highest BCUT2D eigenvalue weighted by Crippen LogP contribution is 2.09. The first-order valence-electron chi connectivity index (χ1n) is 3.67. The van der Waals surface area contributed by atoms with E-state index in [4.69, 9.17) is 15.3 Å². The summed E-state index contributed by atoms with van der Waals surface area (Å²) in [5.41, 5.74) is -1.15. The average molecular weight is 214 g/mol. The van der Waals surface area contributed by atoms with E-state index in [1.165, 1.54) is 0 Å². The molecule has 0 saturated carbocycles. The predicted octanol–water partition coefficient (Wildman–Crippen LogP) is -0.568. The van der Waals surface area contributed by atoms with Crippen molar-refractivity contribution in [2.45, 2.75) is 0 Å². The lowest BCUT2D eigenvalue weighted by Crippen LogP contribution is -2.37. The molecule has 8 nitrogen and oxygen atoms in total. The Balaban J connectivity index is 3.07. The Kier molecular flexibility index (Phi) is 2.70. The molecule has 0 aromatic rings. The molecule has 0 bridgehead atoms. The lowest BCUT2D eigenvalue weighted by molar-refractivity contribution is -0.132. The minimum Gasteiger partial charge on any atom is -0.477 e. The number of rotatable bonds is 2. The standard InChI is InChI=1S/C7H6N2O6/c10-5(11)3-1-9(7(14)15)2-4(8-3)6(12)13/h1H,2H2,(H,10,11)(H,12,13)(H,14,15). The quantitative estimate of drug-likeness (QED) is 0.564. The molecule has 0 aliphatic carbocycles. The van der Waals surface area contributed by atoms with Crippen LogP contribution in [0.3, 0.4) is 0 Å². The molecule has 0 atom stereocenters. The van der Waals surface area contributed by atoms with Gasteiger partial charge in [0.15, 0.2) is 5.70 Å². The summed E-state index contributed by atoms with van der Waals surface area (Å²) in [5, 5.41) is 25.7. The largest absolute Gasteiger partial charge is 0.477 e. The van der Waals surface area contributed by atoms with Gasteiger partial charge in [-0.25, -0.2) is 19.4 Å². The molecule has 1 heterocycles. The number of aliphatic carboxylic acids is 2. The zero-order chi connectivity index (χ0) is 11.6. The van der Waals surface area contributed by atoms with Crippen LogP contribution in [0.2, 0.25) is 0 Å². The number of carbonyl (C=O) groups is 3. The first kappa shape index (κ1) is 10.7. The second kappa shape index (κ2) is 3.78. The molecule has 0 unspecified atom stereocenters. The lowest BCUT2D eigenvalue weighted by Gasteiger charge is -2.18. The molecular formula is C7H6N2O6. The van der Waals surface area contributed by atoms with Crippen molar-refractivity contribution in [3.05, 3.63) is 11.9 Å². The monoisotopic (exact) mass is 214 g/mol. The molecule has 1 rings (SSSR count). The third-order valence-corrected chi connectivity index (χ3v) is 1.57. The van der Waals surface area contributed by atoms with Crippen molar-refractivity contribution in [3.8, 4) is 0 Å². The number of nitrogens with zero attached hydrogens (tertiary/aromatic N) is 2. The van der Waals surface area contributed by atoms with E-state index in [0.29, 0.717) is 4.90 Å². The Bertz CT molecular complexity index is 396. The molecule has 0 aromatic heterocycles. The summed E-state index contributed by atoms with van der Waals surface area (Å²) in [4.78, 5) is 35.4. The number of aliphatic imine (C=N–C) groups is 1. The highest BCUT2D eigenvalue weighted by Gasteiger charge is 2.25. The van der Waals surface area contributed by atoms with Crippen LogP contribution in [0, 0.1) is 0 Å². The van der Waals surface area contributed by atoms with Crippen LogP contribution in [0.1, 0.15) is 0 Å². The van der Waals surface area contributed by atoms with Crippen LogP contribution in [0.15, 0.2) is 16.9 Å². The van der Waals surface area contributed by atoms with Crippen molar-refractivity contribution in [1.82, 2.24) is 4.90 Å². The number of hydrogen-bond acceptors (Lipinski definition) is 4. The molecule has 0 fully saturated rings. The topological polar surface area (TPSA) is 128 Å². The maximum Gasteiger partial charge on any atom is 0.411 e. The van der Waals surface area contributed by atoms with E-state index in [0.717, 1.165) is 6.20 Å². The van der Waals surface area contributed by atoms with Crippen molar-refractivity contribution in [3.63, 3.8) is 0 Å². The van der Waals surface area contributed by atoms with Gasteiger partial charge in [0.25, 0.3) is 0 Å². The summed E-state index contributed by atoms with van der Waals surface area (Å²) >= 11 is 0. The van der Waals surface area contributed by atoms with Gasteiger partial charge < -0.3 is 15.3 Å². The molecular weight excluding hydrogens is 208 g/mol. The molecule has 0 saturated heterocycles. The number of hydrogen-bond donors (Lipinski definition) is 3. The fraction of sp³-hybridized carbons (Fsp3) is 0.143. The van der Waals surface area contributed by atoms with Crippen molar-refractivity contribution < 1.29 is 29.7 Å². The smallest absolute Gasteiger partial charge is 0.411 e. The van der Waals surface area contributed by atoms with Crippen molar-refractivity contribution in [1.29, 1.82) is 0 Å². The molecule has 3 N–H and O–H groups in total. The van der Waals surface area contributed by atoms with E-state index in [9.17, 15) is 14.4 Å². The second-order valence-corrected chi connectivity index (χ2v) is 2.59. The van der Waals surface area contributed by atoms with Gasteiger partial charge in [0, 0.05) is 6.20 Å². The molecule has 8 heteroatoms. The van der Waals surface area contributed by atoms with Crippen LogP contribution in [0.25, 0.3) is 0 Å². The van der Waals surface area contributed by atoms with Crippen LogP contribution < -0.4 is 0 Å². The molecule has 1 aliphatic heterocycles. The highest BCUT2D eigenvalue weighted by molar-refractivity contribution is 6.37. The van der Waals surface area contributed by atoms with Gasteiger partial charge in [-0.05, 0) is 0 Å². The number of carboxylic acid groups (broad SMARTS) is 3. The highest BCUT2D eigenvalue weighted by atomic mass is 16.4. The second-order valence-electron chi connectivity index (χ2n) is 2.59. The van der Waals surface area contributed by atoms with Gasteiger partial charge >= 0.3 is 18.0 Å². The van der Waals surface area contributed by atoms with Crippen LogP contribution in [0.4, 0.5) is 4.79 Å². The first-order chi connectivity index (χ1) is 6.91. The third-order valence-electron chi connectivity index (χ3n) is 1.57. The Morgan fingerprint density at radius 3 is 2.20 bits per heavy atom. The summed E-state index contributed by atoms with van der Waals surface area (Å²) in [6.07, 6.45) is -0.681. The Morgan fingerprint density at radius 2 is 1.80 bits per heavy atom. The van der Waals surface area contributed by atoms with E-state index >= 15 is 0 Å². The summed E-state index contributed by atoms with van der Waals surface area (Å²) in [7, 11) is 0. The molecule has 0 spiro atoms. The van der Waals surface area contributed by atoms with Gasteiger partial charge in [-0.1, -0.05) is 0 Å². The Labute approximate surface area is 82.8 Å². The summed E-state index contributed by atoms with van der Waals surface area (Å²) in [6, 6.07) is 0. The predicted molar refractivity (Wildman–Crippen MR) is 45.5 cm³/mol. The Hall–Kier alpha value is -2.38. The van der Waals surface area contributed by atoms with Gasteiger partial charge in [0.1, 0.15) is 5.71 Å².